The average Bonchev–Trinajstić information content (AvgIpc) is 2.74. The summed E-state index contributed by atoms with van der Waals surface area (Å²) in [5.74, 6) is 1.20. The summed E-state index contributed by atoms with van der Waals surface area (Å²) >= 11 is 1.72. The molecule has 0 spiro atoms. The summed E-state index contributed by atoms with van der Waals surface area (Å²) in [6, 6.07) is 6.05. The Balaban J connectivity index is 1.92. The fraction of sp³-hybridized carbons (Fsp3) is 0.273. The predicted molar refractivity (Wildman–Crippen MR) is 67.6 cm³/mol. The van der Waals surface area contributed by atoms with Crippen LogP contribution in [-0.4, -0.2) is 16.2 Å². The molecule has 2 rings (SSSR count). The minimum absolute atomic E-state index is 0.326. The van der Waals surface area contributed by atoms with Crippen molar-refractivity contribution in [2.45, 2.75) is 19.4 Å². The number of nitrogens with one attached hydrogen (secondary N) is 1. The maximum Gasteiger partial charge on any atom is 0.149 e. The minimum Gasteiger partial charge on any atom is -0.382 e. The Labute approximate surface area is 98.5 Å². The molecule has 16 heavy (non-hydrogen) atoms. The van der Waals surface area contributed by atoms with Gasteiger partial charge in [-0.15, -0.1) is 10.2 Å². The lowest BCUT2D eigenvalue weighted by Gasteiger charge is -2.12. The lowest BCUT2D eigenvalue weighted by Crippen LogP contribution is -2.18. The topological polar surface area (TPSA) is 63.8 Å². The molecule has 5 heteroatoms. The summed E-state index contributed by atoms with van der Waals surface area (Å²) < 4.78 is 0. The fourth-order valence-corrected chi connectivity index (χ4v) is 2.17. The number of aromatic nitrogens is 2. The van der Waals surface area contributed by atoms with Gasteiger partial charge in [0.2, 0.25) is 0 Å². The Morgan fingerprint density at radius 1 is 1.38 bits per heavy atom. The lowest BCUT2D eigenvalue weighted by atomic mass is 10.1. The smallest absolute Gasteiger partial charge is 0.149 e. The molecule has 0 bridgehead atoms. The Morgan fingerprint density at radius 3 is 2.88 bits per heavy atom. The van der Waals surface area contributed by atoms with Gasteiger partial charge in [-0.1, -0.05) is 0 Å². The molecule has 2 aromatic rings. The zero-order valence-electron chi connectivity index (χ0n) is 9.05. The number of hydrogen-bond donors (Lipinski definition) is 2. The maximum absolute atomic E-state index is 5.47. The Kier molecular flexibility index (Phi) is 3.36. The van der Waals surface area contributed by atoms with Crippen LogP contribution in [0.3, 0.4) is 0 Å². The lowest BCUT2D eigenvalue weighted by molar-refractivity contribution is 0.781. The Bertz CT molecular complexity index is 424. The fourth-order valence-electron chi connectivity index (χ4n) is 1.49. The third kappa shape index (κ3) is 2.93. The molecule has 2 heterocycles. The van der Waals surface area contributed by atoms with Crippen LogP contribution in [0.1, 0.15) is 12.5 Å². The van der Waals surface area contributed by atoms with Crippen molar-refractivity contribution in [1.82, 2.24) is 10.2 Å². The summed E-state index contributed by atoms with van der Waals surface area (Å²) in [5, 5.41) is 15.3. The third-order valence-corrected chi connectivity index (χ3v) is 2.93. The van der Waals surface area contributed by atoms with Gasteiger partial charge in [0, 0.05) is 6.04 Å². The highest BCUT2D eigenvalue weighted by atomic mass is 32.1. The van der Waals surface area contributed by atoms with Crippen LogP contribution in [0, 0.1) is 0 Å². The summed E-state index contributed by atoms with van der Waals surface area (Å²) in [6.07, 6.45) is 0.982. The molecule has 0 aliphatic heterocycles. The van der Waals surface area contributed by atoms with Gasteiger partial charge >= 0.3 is 0 Å². The van der Waals surface area contributed by atoms with E-state index in [1.54, 1.807) is 17.4 Å². The van der Waals surface area contributed by atoms with Gasteiger partial charge in [-0.05, 0) is 47.9 Å². The van der Waals surface area contributed by atoms with Crippen molar-refractivity contribution in [3.05, 3.63) is 34.5 Å². The largest absolute Gasteiger partial charge is 0.382 e. The molecule has 1 atom stereocenters. The van der Waals surface area contributed by atoms with Gasteiger partial charge in [-0.2, -0.15) is 11.3 Å². The molecular weight excluding hydrogens is 220 g/mol. The van der Waals surface area contributed by atoms with Crippen molar-refractivity contribution in [3.8, 4) is 0 Å². The first kappa shape index (κ1) is 10.9. The normalized spacial score (nSPS) is 12.3. The van der Waals surface area contributed by atoms with E-state index in [1.807, 2.05) is 6.07 Å². The molecular formula is C11H14N4S. The zero-order chi connectivity index (χ0) is 11.4. The SMILES string of the molecule is CC(Cc1ccsc1)Nc1ccc(N)nn1. The molecule has 1 unspecified atom stereocenters. The first-order valence-corrected chi connectivity index (χ1v) is 6.05. The molecule has 0 amide bonds. The van der Waals surface area contributed by atoms with Gasteiger partial charge in [0.15, 0.2) is 0 Å². The van der Waals surface area contributed by atoms with Crippen LogP contribution in [0.2, 0.25) is 0 Å². The highest BCUT2D eigenvalue weighted by Crippen LogP contribution is 2.11. The van der Waals surface area contributed by atoms with Gasteiger partial charge in [-0.25, -0.2) is 0 Å². The van der Waals surface area contributed by atoms with E-state index in [1.165, 1.54) is 5.56 Å². The Morgan fingerprint density at radius 2 is 2.25 bits per heavy atom. The molecule has 0 saturated heterocycles. The van der Waals surface area contributed by atoms with E-state index in [9.17, 15) is 0 Å². The van der Waals surface area contributed by atoms with E-state index < -0.39 is 0 Å². The van der Waals surface area contributed by atoms with Gasteiger partial charge in [-0.3, -0.25) is 0 Å². The number of nitrogens with two attached hydrogens (primary N) is 1. The van der Waals surface area contributed by atoms with E-state index >= 15 is 0 Å². The highest BCUT2D eigenvalue weighted by Gasteiger charge is 2.04. The number of nitrogens with zero attached hydrogens (tertiary/aromatic N) is 2. The van der Waals surface area contributed by atoms with E-state index in [4.69, 9.17) is 5.73 Å². The molecule has 0 aliphatic carbocycles. The average molecular weight is 234 g/mol. The Hall–Kier alpha value is -1.62. The number of hydrogen-bond acceptors (Lipinski definition) is 5. The van der Waals surface area contributed by atoms with Crippen molar-refractivity contribution < 1.29 is 0 Å². The second-order valence-corrected chi connectivity index (χ2v) is 4.50. The number of anilines is 2. The summed E-state index contributed by atoms with van der Waals surface area (Å²) in [7, 11) is 0. The molecule has 0 aliphatic rings. The van der Waals surface area contributed by atoms with Crippen LogP contribution in [0.4, 0.5) is 11.6 Å². The molecule has 0 radical (unpaired) electrons. The first-order valence-electron chi connectivity index (χ1n) is 5.11. The second kappa shape index (κ2) is 4.94. The van der Waals surface area contributed by atoms with Crippen molar-refractivity contribution >= 4 is 23.0 Å². The van der Waals surface area contributed by atoms with Crippen molar-refractivity contribution in [2.24, 2.45) is 0 Å². The maximum atomic E-state index is 5.47. The van der Waals surface area contributed by atoms with Crippen molar-refractivity contribution in [2.75, 3.05) is 11.1 Å². The van der Waals surface area contributed by atoms with Crippen molar-refractivity contribution in [1.29, 1.82) is 0 Å². The molecule has 0 aromatic carbocycles. The quantitative estimate of drug-likeness (QED) is 0.851. The van der Waals surface area contributed by atoms with E-state index in [-0.39, 0.29) is 0 Å². The van der Waals surface area contributed by atoms with Crippen LogP contribution < -0.4 is 11.1 Å². The molecule has 2 aromatic heterocycles. The molecule has 0 fully saturated rings. The van der Waals surface area contributed by atoms with E-state index in [0.29, 0.717) is 11.9 Å². The van der Waals surface area contributed by atoms with Crippen molar-refractivity contribution in [3.63, 3.8) is 0 Å². The van der Waals surface area contributed by atoms with Crippen LogP contribution in [0.5, 0.6) is 0 Å². The summed E-state index contributed by atoms with van der Waals surface area (Å²) in [4.78, 5) is 0. The number of thiophene rings is 1. The minimum atomic E-state index is 0.326. The number of nitrogen functional groups attached to an aromatic ring is 1. The molecule has 84 valence electrons. The van der Waals surface area contributed by atoms with E-state index in [0.717, 1.165) is 12.2 Å². The van der Waals surface area contributed by atoms with Crippen LogP contribution >= 0.6 is 11.3 Å². The summed E-state index contributed by atoms with van der Waals surface area (Å²) in [6.45, 7) is 2.12. The van der Waals surface area contributed by atoms with Crippen LogP contribution in [0.15, 0.2) is 29.0 Å². The van der Waals surface area contributed by atoms with Crippen LogP contribution in [0.25, 0.3) is 0 Å². The summed E-state index contributed by atoms with van der Waals surface area (Å²) in [5.41, 5.74) is 6.81. The second-order valence-electron chi connectivity index (χ2n) is 3.72. The standard InChI is InChI=1S/C11H14N4S/c1-8(6-9-4-5-16-7-9)13-11-3-2-10(12)14-15-11/h2-5,7-8H,6H2,1H3,(H2,12,14)(H,13,15). The highest BCUT2D eigenvalue weighted by molar-refractivity contribution is 7.07. The van der Waals surface area contributed by atoms with Gasteiger partial charge in [0.25, 0.3) is 0 Å². The van der Waals surface area contributed by atoms with Crippen LogP contribution in [-0.2, 0) is 6.42 Å². The zero-order valence-corrected chi connectivity index (χ0v) is 9.87. The third-order valence-electron chi connectivity index (χ3n) is 2.20. The van der Waals surface area contributed by atoms with Gasteiger partial charge in [0.1, 0.15) is 11.6 Å². The van der Waals surface area contributed by atoms with Gasteiger partial charge < -0.3 is 11.1 Å². The first-order chi connectivity index (χ1) is 7.74. The van der Waals surface area contributed by atoms with E-state index in [2.05, 4.69) is 39.3 Å². The molecule has 3 N–H and O–H groups in total. The number of rotatable bonds is 4. The predicted octanol–water partition coefficient (Wildman–Crippen LogP) is 2.16. The molecule has 4 nitrogen and oxygen atoms in total. The monoisotopic (exact) mass is 234 g/mol. The van der Waals surface area contributed by atoms with Gasteiger partial charge in [0.05, 0.1) is 0 Å². The molecule has 0 saturated carbocycles.